The molecule has 0 aliphatic heterocycles. The van der Waals surface area contributed by atoms with Crippen LogP contribution in [0.15, 0.2) is 60.7 Å². The normalized spacial score (nSPS) is 24.9. The van der Waals surface area contributed by atoms with Gasteiger partial charge < -0.3 is 20.5 Å². The van der Waals surface area contributed by atoms with E-state index in [0.29, 0.717) is 32.1 Å². The quantitative estimate of drug-likeness (QED) is 0.544. The summed E-state index contributed by atoms with van der Waals surface area (Å²) >= 11 is 0. The number of hydrogen-bond acceptors (Lipinski definition) is 4. The molecule has 35 heavy (non-hydrogen) atoms. The van der Waals surface area contributed by atoms with Crippen LogP contribution in [0.2, 0.25) is 0 Å². The first-order valence-electron chi connectivity index (χ1n) is 12.3. The Bertz CT molecular complexity index is 1110. The van der Waals surface area contributed by atoms with Crippen molar-refractivity contribution in [2.45, 2.75) is 50.1 Å². The molecule has 2 unspecified atom stereocenters. The highest BCUT2D eigenvalue weighted by Gasteiger charge is 2.33. The zero-order valence-corrected chi connectivity index (χ0v) is 19.5. The molecule has 0 aromatic heterocycles. The molecule has 3 N–H and O–H groups in total. The number of carbonyl (C=O) groups excluding carboxylic acids is 2. The molecule has 1 fully saturated rings. The monoisotopic (exact) mass is 474 g/mol. The van der Waals surface area contributed by atoms with Crippen molar-refractivity contribution < 1.29 is 24.2 Å². The van der Waals surface area contributed by atoms with Crippen molar-refractivity contribution in [3.05, 3.63) is 71.8 Å². The summed E-state index contributed by atoms with van der Waals surface area (Å²) in [4.78, 5) is 36.5. The zero-order chi connectivity index (χ0) is 24.4. The lowest BCUT2D eigenvalue weighted by atomic mass is 9.90. The van der Waals surface area contributed by atoms with Crippen LogP contribution in [0.25, 0.3) is 11.1 Å². The number of hydrogen-bond donors (Lipinski definition) is 3. The Morgan fingerprint density at radius 2 is 1.57 bits per heavy atom. The van der Waals surface area contributed by atoms with Gasteiger partial charge in [-0.1, -0.05) is 60.7 Å². The molecule has 0 radical (unpaired) electrons. The van der Waals surface area contributed by atoms with Gasteiger partial charge in [-0.3, -0.25) is 9.59 Å². The van der Waals surface area contributed by atoms with Crippen molar-refractivity contribution >= 4 is 18.0 Å². The third-order valence-electron chi connectivity index (χ3n) is 7.47. The van der Waals surface area contributed by atoms with Gasteiger partial charge in [-0.2, -0.15) is 0 Å². The lowest BCUT2D eigenvalue weighted by Crippen LogP contribution is -2.43. The topological polar surface area (TPSA) is 105 Å². The molecule has 7 nitrogen and oxygen atoms in total. The van der Waals surface area contributed by atoms with Gasteiger partial charge in [0.25, 0.3) is 0 Å². The summed E-state index contributed by atoms with van der Waals surface area (Å²) in [5.41, 5.74) is 4.68. The summed E-state index contributed by atoms with van der Waals surface area (Å²) in [7, 11) is 0. The first kappa shape index (κ1) is 23.1. The highest BCUT2D eigenvalue weighted by molar-refractivity contribution is 5.80. The average Bonchev–Trinajstić information content (AvgIpc) is 3.46. The van der Waals surface area contributed by atoms with Crippen molar-refractivity contribution in [1.29, 1.82) is 0 Å². The van der Waals surface area contributed by atoms with E-state index in [1.165, 1.54) is 11.1 Å². The van der Waals surface area contributed by atoms with E-state index in [0.717, 1.165) is 11.1 Å². The molecule has 7 heteroatoms. The standard InChI is InChI=1S/C28H30N2O5/c31-26(29-20-13-12-18(15-20)27(32)33)17-6-5-7-19(14-17)30-28(34)35-16-25-23-10-3-1-8-21(23)22-9-2-4-11-24(22)25/h1-5,7-11,17-20,25H,6,12-16H2,(H,29,31)(H,30,34)(H,32,33)/t17-,18?,19-,20?/m1/s1. The highest BCUT2D eigenvalue weighted by atomic mass is 16.5. The molecule has 0 heterocycles. The van der Waals surface area contributed by atoms with Gasteiger partial charge in [0.05, 0.1) is 12.0 Å². The number of aliphatic carboxylic acids is 1. The van der Waals surface area contributed by atoms with Crippen LogP contribution in [-0.2, 0) is 14.3 Å². The highest BCUT2D eigenvalue weighted by Crippen LogP contribution is 2.44. The lowest BCUT2D eigenvalue weighted by molar-refractivity contribution is -0.141. The minimum atomic E-state index is -0.797. The summed E-state index contributed by atoms with van der Waals surface area (Å²) < 4.78 is 5.64. The van der Waals surface area contributed by atoms with E-state index in [9.17, 15) is 14.4 Å². The molecule has 0 saturated heterocycles. The number of carboxylic acids is 1. The van der Waals surface area contributed by atoms with Crippen molar-refractivity contribution in [3.63, 3.8) is 0 Å². The maximum Gasteiger partial charge on any atom is 0.407 e. The molecule has 2 aromatic rings. The third-order valence-corrected chi connectivity index (χ3v) is 7.47. The van der Waals surface area contributed by atoms with E-state index >= 15 is 0 Å². The van der Waals surface area contributed by atoms with Crippen LogP contribution in [0.1, 0.15) is 49.1 Å². The van der Waals surface area contributed by atoms with Gasteiger partial charge in [-0.25, -0.2) is 4.79 Å². The van der Waals surface area contributed by atoms with Gasteiger partial charge in [-0.05, 0) is 54.4 Å². The molecular formula is C28H30N2O5. The van der Waals surface area contributed by atoms with Crippen LogP contribution in [0, 0.1) is 11.8 Å². The number of benzene rings is 2. The first-order valence-corrected chi connectivity index (χ1v) is 12.3. The maximum absolute atomic E-state index is 12.8. The van der Waals surface area contributed by atoms with Crippen LogP contribution < -0.4 is 10.6 Å². The summed E-state index contributed by atoms with van der Waals surface area (Å²) in [6, 6.07) is 16.0. The second-order valence-corrected chi connectivity index (χ2v) is 9.73. The van der Waals surface area contributed by atoms with Crippen molar-refractivity contribution in [1.82, 2.24) is 10.6 Å². The fourth-order valence-electron chi connectivity index (χ4n) is 5.66. The van der Waals surface area contributed by atoms with Gasteiger partial charge in [0.1, 0.15) is 6.61 Å². The SMILES string of the molecule is O=C(N[C@@H]1C=CC[C@@H](C(=O)NC2CCC(C(=O)O)C2)C1)OCC1c2ccccc2-c2ccccc21. The van der Waals surface area contributed by atoms with E-state index in [1.807, 2.05) is 36.4 Å². The van der Waals surface area contributed by atoms with Crippen molar-refractivity contribution in [2.75, 3.05) is 6.61 Å². The number of allylic oxidation sites excluding steroid dienone is 1. The fourth-order valence-corrected chi connectivity index (χ4v) is 5.66. The molecule has 182 valence electrons. The fraction of sp³-hybridized carbons (Fsp3) is 0.393. The minimum Gasteiger partial charge on any atom is -0.481 e. The molecule has 3 aliphatic rings. The predicted molar refractivity (Wildman–Crippen MR) is 131 cm³/mol. The van der Waals surface area contributed by atoms with Gasteiger partial charge in [0.15, 0.2) is 0 Å². The third kappa shape index (κ3) is 4.94. The summed E-state index contributed by atoms with van der Waals surface area (Å²) in [5.74, 6) is -1.52. The Labute approximate surface area is 204 Å². The Hall–Kier alpha value is -3.61. The smallest absolute Gasteiger partial charge is 0.407 e. The van der Waals surface area contributed by atoms with E-state index in [-0.39, 0.29) is 42.4 Å². The molecule has 0 spiro atoms. The lowest BCUT2D eigenvalue weighted by Gasteiger charge is -2.26. The molecule has 5 rings (SSSR count). The number of carboxylic acid groups (broad SMARTS) is 1. The predicted octanol–water partition coefficient (Wildman–Crippen LogP) is 4.23. The second-order valence-electron chi connectivity index (χ2n) is 9.73. The largest absolute Gasteiger partial charge is 0.481 e. The first-order chi connectivity index (χ1) is 17.0. The molecule has 1 saturated carbocycles. The molecule has 3 aliphatic carbocycles. The number of amides is 2. The Morgan fingerprint density at radius 1 is 0.886 bits per heavy atom. The van der Waals surface area contributed by atoms with E-state index in [2.05, 4.69) is 34.9 Å². The number of fused-ring (bicyclic) bond motifs is 3. The minimum absolute atomic E-state index is 0.00499. The Kier molecular flexibility index (Phi) is 6.57. The second kappa shape index (κ2) is 9.94. The summed E-state index contributed by atoms with van der Waals surface area (Å²) in [5, 5.41) is 15.1. The molecular weight excluding hydrogens is 444 g/mol. The molecule has 2 aromatic carbocycles. The zero-order valence-electron chi connectivity index (χ0n) is 19.5. The van der Waals surface area contributed by atoms with Crippen LogP contribution in [0.3, 0.4) is 0 Å². The molecule has 0 bridgehead atoms. The summed E-state index contributed by atoms with van der Waals surface area (Å²) in [6.07, 6.45) is 6.17. The number of nitrogens with one attached hydrogen (secondary N) is 2. The number of alkyl carbamates (subject to hydrolysis) is 1. The van der Waals surface area contributed by atoms with Gasteiger partial charge in [0, 0.05) is 17.9 Å². The Morgan fingerprint density at radius 3 is 2.23 bits per heavy atom. The van der Waals surface area contributed by atoms with Crippen molar-refractivity contribution in [2.24, 2.45) is 11.8 Å². The van der Waals surface area contributed by atoms with E-state index < -0.39 is 12.1 Å². The van der Waals surface area contributed by atoms with Gasteiger partial charge in [-0.15, -0.1) is 0 Å². The number of ether oxygens (including phenoxy) is 1. The van der Waals surface area contributed by atoms with Crippen LogP contribution in [-0.4, -0.2) is 41.8 Å². The van der Waals surface area contributed by atoms with Gasteiger partial charge in [0.2, 0.25) is 5.91 Å². The Balaban J connectivity index is 1.13. The van der Waals surface area contributed by atoms with Crippen LogP contribution in [0.5, 0.6) is 0 Å². The van der Waals surface area contributed by atoms with Crippen LogP contribution >= 0.6 is 0 Å². The van der Waals surface area contributed by atoms with Crippen molar-refractivity contribution in [3.8, 4) is 11.1 Å². The van der Waals surface area contributed by atoms with Crippen LogP contribution in [0.4, 0.5) is 4.79 Å². The molecule has 4 atom stereocenters. The van der Waals surface area contributed by atoms with E-state index in [1.54, 1.807) is 0 Å². The number of rotatable bonds is 6. The maximum atomic E-state index is 12.8. The average molecular weight is 475 g/mol. The molecule has 2 amide bonds. The summed E-state index contributed by atoms with van der Waals surface area (Å²) in [6.45, 7) is 0.243. The van der Waals surface area contributed by atoms with E-state index in [4.69, 9.17) is 9.84 Å². The van der Waals surface area contributed by atoms with Gasteiger partial charge >= 0.3 is 12.1 Å². The number of carbonyl (C=O) groups is 3.